The van der Waals surface area contributed by atoms with Crippen molar-refractivity contribution in [2.45, 2.75) is 53.2 Å². The van der Waals surface area contributed by atoms with Gasteiger partial charge in [0.2, 0.25) is 5.95 Å². The van der Waals surface area contributed by atoms with E-state index in [0.717, 1.165) is 0 Å². The molecule has 2 N–H and O–H groups in total. The van der Waals surface area contributed by atoms with Gasteiger partial charge in [0.05, 0.1) is 35.1 Å². The van der Waals surface area contributed by atoms with Crippen molar-refractivity contribution in [3.8, 4) is 11.3 Å². The van der Waals surface area contributed by atoms with Crippen molar-refractivity contribution in [1.29, 1.82) is 0 Å². The van der Waals surface area contributed by atoms with Crippen LogP contribution in [0.2, 0.25) is 0 Å². The third-order valence-electron chi connectivity index (χ3n) is 4.61. The van der Waals surface area contributed by atoms with Gasteiger partial charge < -0.3 is 19.8 Å². The van der Waals surface area contributed by atoms with Crippen molar-refractivity contribution in [2.75, 3.05) is 6.61 Å². The number of H-pyrrole nitrogens is 1. The second-order valence-corrected chi connectivity index (χ2v) is 8.37. The van der Waals surface area contributed by atoms with E-state index in [2.05, 4.69) is 20.3 Å². The number of rotatable bonds is 5. The molecule has 0 aliphatic heterocycles. The number of carbonyl (C=O) groups excluding carboxylic acids is 2. The summed E-state index contributed by atoms with van der Waals surface area (Å²) in [4.78, 5) is 36.3. The fourth-order valence-corrected chi connectivity index (χ4v) is 3.25. The molecule has 170 valence electrons. The van der Waals surface area contributed by atoms with Crippen LogP contribution in [0.4, 0.5) is 9.18 Å². The number of carbonyl (C=O) groups is 2. The Balaban J connectivity index is 2.06. The summed E-state index contributed by atoms with van der Waals surface area (Å²) in [7, 11) is 0. The number of hydrogen-bond acceptors (Lipinski definition) is 6. The Kier molecular flexibility index (Phi) is 6.47. The molecule has 1 aromatic carbocycles. The monoisotopic (exact) mass is 442 g/mol. The maximum atomic E-state index is 14.1. The molecule has 0 fully saturated rings. The lowest BCUT2D eigenvalue weighted by molar-refractivity contribution is 0.0489. The van der Waals surface area contributed by atoms with Crippen LogP contribution in [0.15, 0.2) is 24.3 Å². The first-order valence-electron chi connectivity index (χ1n) is 10.3. The third-order valence-corrected chi connectivity index (χ3v) is 4.61. The number of ether oxygens (including phenoxy) is 2. The lowest BCUT2D eigenvalue weighted by Gasteiger charge is -2.22. The summed E-state index contributed by atoms with van der Waals surface area (Å²) >= 11 is 0. The number of halogens is 1. The zero-order valence-electron chi connectivity index (χ0n) is 19.0. The molecule has 0 bridgehead atoms. The number of nitrogens with one attached hydrogen (secondary N) is 2. The van der Waals surface area contributed by atoms with Crippen molar-refractivity contribution in [3.05, 3.63) is 47.2 Å². The first-order chi connectivity index (χ1) is 15.0. The molecule has 2 heterocycles. The molecule has 32 heavy (non-hydrogen) atoms. The Morgan fingerprint density at radius 1 is 1.25 bits per heavy atom. The summed E-state index contributed by atoms with van der Waals surface area (Å²) in [5.74, 6) is -1.21. The zero-order chi connectivity index (χ0) is 23.6. The van der Waals surface area contributed by atoms with E-state index < -0.39 is 29.7 Å². The number of aryl methyl sites for hydroxylation is 1. The fourth-order valence-electron chi connectivity index (χ4n) is 3.25. The van der Waals surface area contributed by atoms with Gasteiger partial charge in [0.25, 0.3) is 0 Å². The SMILES string of the molecule is CCOC(=O)c1cc(-c2cccc3nc(C)c(F)nc23)[nH]c1C(C)NC(=O)OC(C)(C)C. The molecule has 1 amide bonds. The van der Waals surface area contributed by atoms with Crippen LogP contribution in [-0.4, -0.2) is 39.2 Å². The Hall–Kier alpha value is -3.49. The Morgan fingerprint density at radius 3 is 2.62 bits per heavy atom. The summed E-state index contributed by atoms with van der Waals surface area (Å²) in [5, 5.41) is 2.72. The van der Waals surface area contributed by atoms with Crippen molar-refractivity contribution in [3.63, 3.8) is 0 Å². The molecule has 0 aliphatic rings. The minimum absolute atomic E-state index is 0.191. The predicted octanol–water partition coefficient (Wildman–Crippen LogP) is 4.83. The summed E-state index contributed by atoms with van der Waals surface area (Å²) in [6.07, 6.45) is -0.621. The number of hydrogen-bond donors (Lipinski definition) is 2. The Labute approximate surface area is 185 Å². The minimum Gasteiger partial charge on any atom is -0.462 e. The number of nitrogens with zero attached hydrogens (tertiary/aromatic N) is 2. The molecular formula is C23H27FN4O4. The highest BCUT2D eigenvalue weighted by atomic mass is 19.1. The minimum atomic E-state index is -0.668. The van der Waals surface area contributed by atoms with E-state index in [4.69, 9.17) is 9.47 Å². The quantitative estimate of drug-likeness (QED) is 0.548. The average Bonchev–Trinajstić information content (AvgIpc) is 3.12. The maximum absolute atomic E-state index is 14.1. The molecule has 0 saturated carbocycles. The Morgan fingerprint density at radius 2 is 1.97 bits per heavy atom. The van der Waals surface area contributed by atoms with Gasteiger partial charge in [-0.25, -0.2) is 19.6 Å². The molecule has 0 spiro atoms. The largest absolute Gasteiger partial charge is 0.462 e. The van der Waals surface area contributed by atoms with Crippen LogP contribution >= 0.6 is 0 Å². The van der Waals surface area contributed by atoms with Gasteiger partial charge >= 0.3 is 12.1 Å². The molecule has 0 radical (unpaired) electrons. The summed E-state index contributed by atoms with van der Waals surface area (Å²) in [6.45, 7) is 10.4. The highest BCUT2D eigenvalue weighted by Crippen LogP contribution is 2.31. The van der Waals surface area contributed by atoms with Crippen molar-refractivity contribution in [1.82, 2.24) is 20.3 Å². The summed E-state index contributed by atoms with van der Waals surface area (Å²) in [5.41, 5.74) is 2.17. The lowest BCUT2D eigenvalue weighted by atomic mass is 10.1. The van der Waals surface area contributed by atoms with E-state index in [-0.39, 0.29) is 17.9 Å². The van der Waals surface area contributed by atoms with E-state index in [1.165, 1.54) is 0 Å². The fraction of sp³-hybridized carbons (Fsp3) is 0.391. The van der Waals surface area contributed by atoms with Gasteiger partial charge in [-0.3, -0.25) is 0 Å². The lowest BCUT2D eigenvalue weighted by Crippen LogP contribution is -2.34. The predicted molar refractivity (Wildman–Crippen MR) is 118 cm³/mol. The van der Waals surface area contributed by atoms with Crippen LogP contribution in [-0.2, 0) is 9.47 Å². The van der Waals surface area contributed by atoms with Crippen LogP contribution in [0.5, 0.6) is 0 Å². The molecule has 3 rings (SSSR count). The number of alkyl carbamates (subject to hydrolysis) is 1. The number of aromatic nitrogens is 3. The molecule has 1 unspecified atom stereocenters. The van der Waals surface area contributed by atoms with E-state index in [0.29, 0.717) is 28.0 Å². The molecule has 8 nitrogen and oxygen atoms in total. The van der Waals surface area contributed by atoms with Gasteiger partial charge in [-0.1, -0.05) is 12.1 Å². The molecule has 1 atom stereocenters. The first kappa shape index (κ1) is 23.2. The molecule has 3 aromatic rings. The van der Waals surface area contributed by atoms with Gasteiger partial charge in [0.1, 0.15) is 11.1 Å². The van der Waals surface area contributed by atoms with Crippen molar-refractivity contribution in [2.24, 2.45) is 0 Å². The van der Waals surface area contributed by atoms with Gasteiger partial charge in [-0.15, -0.1) is 0 Å². The third kappa shape index (κ3) is 5.04. The van der Waals surface area contributed by atoms with E-state index >= 15 is 0 Å². The van der Waals surface area contributed by atoms with Crippen LogP contribution in [0.25, 0.3) is 22.3 Å². The van der Waals surface area contributed by atoms with Gasteiger partial charge in [-0.05, 0) is 53.7 Å². The second kappa shape index (κ2) is 8.94. The number of esters is 1. The van der Waals surface area contributed by atoms with Gasteiger partial charge in [0.15, 0.2) is 0 Å². The second-order valence-electron chi connectivity index (χ2n) is 8.37. The van der Waals surface area contributed by atoms with E-state index in [1.54, 1.807) is 65.8 Å². The van der Waals surface area contributed by atoms with Gasteiger partial charge in [-0.2, -0.15) is 4.39 Å². The number of amides is 1. The Bertz CT molecular complexity index is 1170. The number of fused-ring (bicyclic) bond motifs is 1. The van der Waals surface area contributed by atoms with Crippen LogP contribution in [0.1, 0.15) is 62.4 Å². The molecule has 0 aliphatic carbocycles. The summed E-state index contributed by atoms with van der Waals surface area (Å²) < 4.78 is 24.6. The van der Waals surface area contributed by atoms with Crippen LogP contribution in [0.3, 0.4) is 0 Å². The first-order valence-corrected chi connectivity index (χ1v) is 10.3. The van der Waals surface area contributed by atoms with Crippen LogP contribution < -0.4 is 5.32 Å². The zero-order valence-corrected chi connectivity index (χ0v) is 19.0. The molecule has 2 aromatic heterocycles. The standard InChI is InChI=1S/C23H27FN4O4/c1-7-31-21(29)15-11-17(27-18(15)12(2)26-22(30)32-23(4,5)6)14-9-8-10-16-19(14)28-20(24)13(3)25-16/h8-12,27H,7H2,1-6H3,(H,26,30). The molecule has 9 heteroatoms. The maximum Gasteiger partial charge on any atom is 0.408 e. The number of aromatic amines is 1. The van der Waals surface area contributed by atoms with E-state index in [1.807, 2.05) is 0 Å². The van der Waals surface area contributed by atoms with Crippen LogP contribution in [0, 0.1) is 12.9 Å². The topological polar surface area (TPSA) is 106 Å². The average molecular weight is 442 g/mol. The van der Waals surface area contributed by atoms with Gasteiger partial charge in [0, 0.05) is 11.3 Å². The highest BCUT2D eigenvalue weighted by Gasteiger charge is 2.25. The number of benzene rings is 1. The number of para-hydroxylation sites is 1. The smallest absolute Gasteiger partial charge is 0.408 e. The summed E-state index contributed by atoms with van der Waals surface area (Å²) in [6, 6.07) is 6.27. The molecule has 0 saturated heterocycles. The van der Waals surface area contributed by atoms with E-state index in [9.17, 15) is 14.0 Å². The van der Waals surface area contributed by atoms with Crippen molar-refractivity contribution < 1.29 is 23.5 Å². The van der Waals surface area contributed by atoms with Crippen molar-refractivity contribution >= 4 is 23.1 Å². The highest BCUT2D eigenvalue weighted by molar-refractivity contribution is 5.96. The normalized spacial score (nSPS) is 12.5. The molecular weight excluding hydrogens is 415 g/mol.